The molecule has 0 saturated heterocycles. The Hall–Kier alpha value is -0.770. The normalized spacial score (nSPS) is 13.9. The summed E-state index contributed by atoms with van der Waals surface area (Å²) in [6.07, 6.45) is -0.570. The average Bonchev–Trinajstić information content (AvgIpc) is 1.86. The molecule has 0 aromatic heterocycles. The standard InChI is InChI=1S/C7H16N2O2/c1-5(10)7(2,3)9-6(11)8-4/h5,10H,1-4H3,(H2,8,9,11). The van der Waals surface area contributed by atoms with Crippen molar-refractivity contribution in [2.24, 2.45) is 0 Å². The highest BCUT2D eigenvalue weighted by Crippen LogP contribution is 2.07. The first kappa shape index (κ1) is 10.2. The van der Waals surface area contributed by atoms with Gasteiger partial charge in [0, 0.05) is 7.05 Å². The Kier molecular flexibility index (Phi) is 3.32. The smallest absolute Gasteiger partial charge is 0.315 e. The van der Waals surface area contributed by atoms with E-state index in [-0.39, 0.29) is 6.03 Å². The third kappa shape index (κ3) is 3.23. The van der Waals surface area contributed by atoms with Crippen LogP contribution in [0, 0.1) is 0 Å². The Balaban J connectivity index is 4.01. The lowest BCUT2D eigenvalue weighted by atomic mass is 9.99. The van der Waals surface area contributed by atoms with Gasteiger partial charge in [-0.1, -0.05) is 0 Å². The van der Waals surface area contributed by atoms with Crippen molar-refractivity contribution in [1.29, 1.82) is 0 Å². The van der Waals surface area contributed by atoms with E-state index in [1.54, 1.807) is 20.8 Å². The molecule has 66 valence electrons. The maximum absolute atomic E-state index is 10.8. The maximum atomic E-state index is 10.8. The second-order valence-corrected chi connectivity index (χ2v) is 3.10. The van der Waals surface area contributed by atoms with Crippen LogP contribution in [0.25, 0.3) is 0 Å². The first-order valence-corrected chi connectivity index (χ1v) is 3.58. The summed E-state index contributed by atoms with van der Waals surface area (Å²) in [5, 5.41) is 14.2. The summed E-state index contributed by atoms with van der Waals surface area (Å²) in [5.41, 5.74) is -0.583. The number of urea groups is 1. The molecule has 0 bridgehead atoms. The van der Waals surface area contributed by atoms with E-state index in [4.69, 9.17) is 0 Å². The topological polar surface area (TPSA) is 61.4 Å². The van der Waals surface area contributed by atoms with Gasteiger partial charge in [0.25, 0.3) is 0 Å². The van der Waals surface area contributed by atoms with Gasteiger partial charge in [-0.3, -0.25) is 0 Å². The molecule has 4 nitrogen and oxygen atoms in total. The molecule has 0 rings (SSSR count). The van der Waals surface area contributed by atoms with E-state index in [2.05, 4.69) is 10.6 Å². The van der Waals surface area contributed by atoms with Crippen LogP contribution >= 0.6 is 0 Å². The van der Waals surface area contributed by atoms with E-state index in [1.807, 2.05) is 0 Å². The van der Waals surface area contributed by atoms with Crippen LogP contribution in [-0.2, 0) is 0 Å². The molecule has 0 aliphatic heterocycles. The van der Waals surface area contributed by atoms with Crippen molar-refractivity contribution >= 4 is 6.03 Å². The van der Waals surface area contributed by atoms with E-state index in [0.29, 0.717) is 0 Å². The summed E-state index contributed by atoms with van der Waals surface area (Å²) >= 11 is 0. The zero-order valence-electron chi connectivity index (χ0n) is 7.43. The SMILES string of the molecule is CNC(=O)NC(C)(C)C(C)O. The number of carbonyl (C=O) groups excluding carboxylic acids is 1. The van der Waals surface area contributed by atoms with Gasteiger partial charge in [0.15, 0.2) is 0 Å². The number of aliphatic hydroxyl groups excluding tert-OH is 1. The van der Waals surface area contributed by atoms with Crippen molar-refractivity contribution in [2.75, 3.05) is 7.05 Å². The van der Waals surface area contributed by atoms with Gasteiger partial charge in [-0.25, -0.2) is 4.79 Å². The number of carbonyl (C=O) groups is 1. The van der Waals surface area contributed by atoms with Crippen LogP contribution in [0.1, 0.15) is 20.8 Å². The lowest BCUT2D eigenvalue weighted by molar-refractivity contribution is 0.102. The molecule has 1 atom stereocenters. The Labute approximate surface area is 67.0 Å². The van der Waals surface area contributed by atoms with Crippen LogP contribution in [0.15, 0.2) is 0 Å². The zero-order chi connectivity index (χ0) is 9.07. The van der Waals surface area contributed by atoms with Crippen molar-refractivity contribution < 1.29 is 9.90 Å². The molecule has 2 amide bonds. The molecule has 3 N–H and O–H groups in total. The molecule has 11 heavy (non-hydrogen) atoms. The molecule has 0 radical (unpaired) electrons. The van der Waals surface area contributed by atoms with Gasteiger partial charge < -0.3 is 15.7 Å². The predicted octanol–water partition coefficient (Wildman–Crippen LogP) is 0.0748. The third-order valence-electron chi connectivity index (χ3n) is 1.71. The van der Waals surface area contributed by atoms with Gasteiger partial charge in [0.2, 0.25) is 0 Å². The van der Waals surface area contributed by atoms with Crippen LogP contribution in [-0.4, -0.2) is 29.8 Å². The largest absolute Gasteiger partial charge is 0.391 e. The van der Waals surface area contributed by atoms with Crippen molar-refractivity contribution in [2.45, 2.75) is 32.4 Å². The second kappa shape index (κ2) is 3.57. The van der Waals surface area contributed by atoms with Crippen LogP contribution in [0.5, 0.6) is 0 Å². The van der Waals surface area contributed by atoms with E-state index >= 15 is 0 Å². The second-order valence-electron chi connectivity index (χ2n) is 3.10. The summed E-state index contributed by atoms with van der Waals surface area (Å²) in [6, 6.07) is -0.282. The van der Waals surface area contributed by atoms with E-state index < -0.39 is 11.6 Å². The average molecular weight is 160 g/mol. The number of aliphatic hydroxyl groups is 1. The van der Waals surface area contributed by atoms with E-state index in [1.165, 1.54) is 7.05 Å². The zero-order valence-corrected chi connectivity index (χ0v) is 7.43. The summed E-state index contributed by atoms with van der Waals surface area (Å²) < 4.78 is 0. The monoisotopic (exact) mass is 160 g/mol. The Bertz CT molecular complexity index is 143. The van der Waals surface area contributed by atoms with Gasteiger partial charge in [-0.05, 0) is 20.8 Å². The molecule has 1 unspecified atom stereocenters. The van der Waals surface area contributed by atoms with Crippen molar-refractivity contribution in [3.63, 3.8) is 0 Å². The Morgan fingerprint density at radius 2 is 2.00 bits per heavy atom. The third-order valence-corrected chi connectivity index (χ3v) is 1.71. The minimum absolute atomic E-state index is 0.282. The fourth-order valence-corrected chi connectivity index (χ4v) is 0.460. The summed E-state index contributed by atoms with van der Waals surface area (Å²) in [4.78, 5) is 10.8. The van der Waals surface area contributed by atoms with Gasteiger partial charge in [-0.2, -0.15) is 0 Å². The molecule has 4 heteroatoms. The van der Waals surface area contributed by atoms with Gasteiger partial charge in [0.05, 0.1) is 11.6 Å². The number of nitrogens with one attached hydrogen (secondary N) is 2. The quantitative estimate of drug-likeness (QED) is 0.535. The fourth-order valence-electron chi connectivity index (χ4n) is 0.460. The molecule has 0 aromatic rings. The highest BCUT2D eigenvalue weighted by atomic mass is 16.3. The first-order chi connectivity index (χ1) is 4.90. The first-order valence-electron chi connectivity index (χ1n) is 3.58. The Morgan fingerprint density at radius 3 is 2.27 bits per heavy atom. The van der Waals surface area contributed by atoms with Crippen LogP contribution < -0.4 is 10.6 Å². The fraction of sp³-hybridized carbons (Fsp3) is 0.857. The molecule has 0 aliphatic carbocycles. The molecule has 0 aliphatic rings. The molecule has 0 spiro atoms. The Morgan fingerprint density at radius 1 is 1.55 bits per heavy atom. The summed E-state index contributed by atoms with van der Waals surface area (Å²) in [5.74, 6) is 0. The molecule has 0 heterocycles. The van der Waals surface area contributed by atoms with Crippen LogP contribution in [0.2, 0.25) is 0 Å². The van der Waals surface area contributed by atoms with Crippen LogP contribution in [0.4, 0.5) is 4.79 Å². The molecule has 0 aromatic carbocycles. The highest BCUT2D eigenvalue weighted by molar-refractivity contribution is 5.74. The molecular weight excluding hydrogens is 144 g/mol. The summed E-state index contributed by atoms with van der Waals surface area (Å²) in [7, 11) is 1.54. The van der Waals surface area contributed by atoms with Gasteiger partial charge in [-0.15, -0.1) is 0 Å². The maximum Gasteiger partial charge on any atom is 0.315 e. The van der Waals surface area contributed by atoms with Gasteiger partial charge >= 0.3 is 6.03 Å². The van der Waals surface area contributed by atoms with Crippen molar-refractivity contribution in [3.05, 3.63) is 0 Å². The lowest BCUT2D eigenvalue weighted by Crippen LogP contribution is -2.53. The van der Waals surface area contributed by atoms with Crippen LogP contribution in [0.3, 0.4) is 0 Å². The van der Waals surface area contributed by atoms with E-state index in [9.17, 15) is 9.90 Å². The lowest BCUT2D eigenvalue weighted by Gasteiger charge is -2.28. The number of hydrogen-bond acceptors (Lipinski definition) is 2. The highest BCUT2D eigenvalue weighted by Gasteiger charge is 2.25. The predicted molar refractivity (Wildman–Crippen MR) is 43.4 cm³/mol. The summed E-state index contributed by atoms with van der Waals surface area (Å²) in [6.45, 7) is 5.15. The number of hydrogen-bond donors (Lipinski definition) is 3. The molecule has 0 saturated carbocycles. The molecule has 0 fully saturated rings. The number of amides is 2. The number of rotatable bonds is 2. The van der Waals surface area contributed by atoms with Crippen molar-refractivity contribution in [1.82, 2.24) is 10.6 Å². The van der Waals surface area contributed by atoms with E-state index in [0.717, 1.165) is 0 Å². The minimum atomic E-state index is -0.583. The molecular formula is C7H16N2O2. The van der Waals surface area contributed by atoms with Crippen molar-refractivity contribution in [3.8, 4) is 0 Å². The minimum Gasteiger partial charge on any atom is -0.391 e. The van der Waals surface area contributed by atoms with Gasteiger partial charge in [0.1, 0.15) is 0 Å².